The Morgan fingerprint density at radius 2 is 2.13 bits per heavy atom. The van der Waals surface area contributed by atoms with Crippen LogP contribution < -0.4 is 5.32 Å². The summed E-state index contributed by atoms with van der Waals surface area (Å²) in [6.07, 6.45) is 0. The van der Waals surface area contributed by atoms with Crippen molar-refractivity contribution in [2.45, 2.75) is 19.9 Å². The molecule has 4 nitrogen and oxygen atoms in total. The van der Waals surface area contributed by atoms with Gasteiger partial charge >= 0.3 is 0 Å². The highest BCUT2D eigenvalue weighted by atomic mass is 79.9. The highest BCUT2D eigenvalue weighted by molar-refractivity contribution is 9.14. The van der Waals surface area contributed by atoms with Crippen molar-refractivity contribution in [1.29, 1.82) is 0 Å². The van der Waals surface area contributed by atoms with Gasteiger partial charge in [-0.05, 0) is 61.6 Å². The van der Waals surface area contributed by atoms with E-state index in [9.17, 15) is 4.79 Å². The smallest absolute Gasteiger partial charge is 0.244 e. The number of carbonyl (C=O) groups is 1. The summed E-state index contributed by atoms with van der Waals surface area (Å²) in [6, 6.07) is -0.345. The van der Waals surface area contributed by atoms with E-state index in [-0.39, 0.29) is 11.9 Å². The van der Waals surface area contributed by atoms with Crippen molar-refractivity contribution >= 4 is 53.7 Å². The van der Waals surface area contributed by atoms with Gasteiger partial charge in [0.05, 0.1) is 4.47 Å². The molecule has 7 heteroatoms. The highest BCUT2D eigenvalue weighted by Gasteiger charge is 2.20. The van der Waals surface area contributed by atoms with E-state index in [0.29, 0.717) is 11.1 Å². The summed E-state index contributed by atoms with van der Waals surface area (Å²) in [5.74, 6) is -0.0549. The lowest BCUT2D eigenvalue weighted by Crippen LogP contribution is -2.31. The van der Waals surface area contributed by atoms with Gasteiger partial charge in [-0.15, -0.1) is 0 Å². The number of halogens is 3. The second-order valence-corrected chi connectivity index (χ2v) is 5.21. The Kier molecular flexibility index (Phi) is 4.79. The van der Waals surface area contributed by atoms with Gasteiger partial charge in [-0.3, -0.25) is 4.79 Å². The summed E-state index contributed by atoms with van der Waals surface area (Å²) >= 11 is 9.99. The number of aromatic nitrogens is 2. The lowest BCUT2D eigenvalue weighted by Gasteiger charge is -2.12. The lowest BCUT2D eigenvalue weighted by atomic mass is 10.3. The van der Waals surface area contributed by atoms with Crippen LogP contribution in [0.5, 0.6) is 0 Å². The van der Waals surface area contributed by atoms with Crippen molar-refractivity contribution in [2.75, 3.05) is 6.54 Å². The Bertz CT molecular complexity index is 377. The molecule has 0 aromatic carbocycles. The molecular weight excluding hydrogens is 394 g/mol. The maximum absolute atomic E-state index is 11.6. The third-order valence-corrected chi connectivity index (χ3v) is 4.99. The second-order valence-electron chi connectivity index (χ2n) is 2.91. The largest absolute Gasteiger partial charge is 0.355 e. The minimum atomic E-state index is -0.345. The average molecular weight is 404 g/mol. The first-order valence-electron chi connectivity index (χ1n) is 4.35. The quantitative estimate of drug-likeness (QED) is 0.843. The Balaban J connectivity index is 2.96. The molecule has 1 N–H and O–H groups in total. The molecule has 1 aromatic heterocycles. The van der Waals surface area contributed by atoms with Crippen LogP contribution in [0.4, 0.5) is 0 Å². The number of hydrogen-bond donors (Lipinski definition) is 1. The number of amides is 1. The molecule has 0 bridgehead atoms. The molecule has 1 atom stereocenters. The highest BCUT2D eigenvalue weighted by Crippen LogP contribution is 2.32. The fourth-order valence-electron chi connectivity index (χ4n) is 1.06. The third-order valence-electron chi connectivity index (χ3n) is 1.86. The van der Waals surface area contributed by atoms with Crippen LogP contribution in [0.1, 0.15) is 19.9 Å². The first-order valence-corrected chi connectivity index (χ1v) is 6.73. The number of hydrogen-bond acceptors (Lipinski definition) is 2. The lowest BCUT2D eigenvalue weighted by molar-refractivity contribution is -0.124. The molecule has 1 unspecified atom stereocenters. The van der Waals surface area contributed by atoms with Crippen LogP contribution in [0.25, 0.3) is 0 Å². The molecule has 15 heavy (non-hydrogen) atoms. The van der Waals surface area contributed by atoms with Crippen molar-refractivity contribution in [2.24, 2.45) is 0 Å². The van der Waals surface area contributed by atoms with Gasteiger partial charge in [-0.2, -0.15) is 5.10 Å². The molecule has 0 fully saturated rings. The summed E-state index contributed by atoms with van der Waals surface area (Å²) in [5.41, 5.74) is 0. The molecule has 0 spiro atoms. The molecule has 0 aliphatic heterocycles. The zero-order valence-corrected chi connectivity index (χ0v) is 13.0. The maximum atomic E-state index is 11.6. The average Bonchev–Trinajstić information content (AvgIpc) is 2.45. The monoisotopic (exact) mass is 401 g/mol. The van der Waals surface area contributed by atoms with Crippen molar-refractivity contribution in [1.82, 2.24) is 15.1 Å². The molecule has 1 amide bonds. The van der Waals surface area contributed by atoms with E-state index in [4.69, 9.17) is 0 Å². The van der Waals surface area contributed by atoms with Crippen molar-refractivity contribution < 1.29 is 4.79 Å². The maximum Gasteiger partial charge on any atom is 0.244 e. The van der Waals surface area contributed by atoms with Crippen molar-refractivity contribution in [3.63, 3.8) is 0 Å². The van der Waals surface area contributed by atoms with Crippen LogP contribution in [-0.4, -0.2) is 22.2 Å². The fourth-order valence-corrected chi connectivity index (χ4v) is 2.52. The zero-order valence-electron chi connectivity index (χ0n) is 8.22. The molecule has 1 rings (SSSR count). The molecular formula is C8H10Br3N3O. The molecule has 84 valence electrons. The molecule has 0 saturated carbocycles. The first kappa shape index (κ1) is 13.2. The summed E-state index contributed by atoms with van der Waals surface area (Å²) in [4.78, 5) is 11.6. The van der Waals surface area contributed by atoms with Gasteiger partial charge < -0.3 is 5.32 Å². The van der Waals surface area contributed by atoms with Crippen LogP contribution in [0.15, 0.2) is 13.7 Å². The van der Waals surface area contributed by atoms with E-state index in [0.717, 1.165) is 9.08 Å². The predicted molar refractivity (Wildman–Crippen MR) is 68.7 cm³/mol. The molecule has 0 saturated heterocycles. The molecule has 1 heterocycles. The van der Waals surface area contributed by atoms with Crippen molar-refractivity contribution in [3.8, 4) is 0 Å². The Labute approximate surface area is 113 Å². The summed E-state index contributed by atoms with van der Waals surface area (Å²) in [6.45, 7) is 4.29. The van der Waals surface area contributed by atoms with Gasteiger partial charge in [0.2, 0.25) is 5.91 Å². The molecule has 0 aliphatic carbocycles. The van der Waals surface area contributed by atoms with Crippen molar-refractivity contribution in [3.05, 3.63) is 13.7 Å². The Morgan fingerprint density at radius 1 is 1.53 bits per heavy atom. The minimum absolute atomic E-state index is 0.0549. The summed E-state index contributed by atoms with van der Waals surface area (Å²) in [5, 5.41) is 6.94. The van der Waals surface area contributed by atoms with E-state index in [2.05, 4.69) is 58.2 Å². The normalized spacial score (nSPS) is 12.6. The van der Waals surface area contributed by atoms with Crippen LogP contribution >= 0.6 is 47.8 Å². The van der Waals surface area contributed by atoms with Gasteiger partial charge in [-0.25, -0.2) is 4.68 Å². The number of nitrogens with zero attached hydrogens (tertiary/aromatic N) is 2. The second kappa shape index (κ2) is 5.45. The van der Waals surface area contributed by atoms with Crippen LogP contribution in [0, 0.1) is 0 Å². The van der Waals surface area contributed by atoms with E-state index in [1.54, 1.807) is 11.6 Å². The van der Waals surface area contributed by atoms with Crippen LogP contribution in [0.2, 0.25) is 0 Å². The summed E-state index contributed by atoms with van der Waals surface area (Å²) < 4.78 is 3.83. The number of nitrogens with one attached hydrogen (secondary N) is 1. The molecule has 0 radical (unpaired) electrons. The predicted octanol–water partition coefficient (Wildman–Crippen LogP) is 2.87. The van der Waals surface area contributed by atoms with Gasteiger partial charge in [0.25, 0.3) is 0 Å². The standard InChI is InChI=1S/C8H10Br3N3O/c1-3-12-8(15)4(2)14-7(11)5(9)6(10)13-14/h4H,3H2,1-2H3,(H,12,15). The minimum Gasteiger partial charge on any atom is -0.355 e. The third kappa shape index (κ3) is 2.82. The number of rotatable bonds is 3. The zero-order chi connectivity index (χ0) is 11.6. The van der Waals surface area contributed by atoms with E-state index < -0.39 is 0 Å². The SMILES string of the molecule is CCNC(=O)C(C)n1nc(Br)c(Br)c1Br. The van der Waals surface area contributed by atoms with Gasteiger partial charge in [-0.1, -0.05) is 0 Å². The van der Waals surface area contributed by atoms with Gasteiger partial charge in [0.15, 0.2) is 0 Å². The molecule has 1 aromatic rings. The Hall–Kier alpha value is 0.120. The molecule has 0 aliphatic rings. The summed E-state index contributed by atoms with van der Waals surface area (Å²) in [7, 11) is 0. The topological polar surface area (TPSA) is 46.9 Å². The number of likely N-dealkylation sites (N-methyl/N-ethyl adjacent to an activating group) is 1. The van der Waals surface area contributed by atoms with E-state index >= 15 is 0 Å². The van der Waals surface area contributed by atoms with Crippen LogP contribution in [0.3, 0.4) is 0 Å². The fraction of sp³-hybridized carbons (Fsp3) is 0.500. The van der Waals surface area contributed by atoms with Gasteiger partial charge in [0, 0.05) is 6.54 Å². The van der Waals surface area contributed by atoms with E-state index in [1.165, 1.54) is 0 Å². The van der Waals surface area contributed by atoms with Crippen LogP contribution in [-0.2, 0) is 4.79 Å². The van der Waals surface area contributed by atoms with Gasteiger partial charge in [0.1, 0.15) is 15.2 Å². The first-order chi connectivity index (χ1) is 6.99. The van der Waals surface area contributed by atoms with E-state index in [1.807, 2.05) is 6.92 Å². The Morgan fingerprint density at radius 3 is 2.53 bits per heavy atom. The number of carbonyl (C=O) groups excluding carboxylic acids is 1.